The van der Waals surface area contributed by atoms with Crippen molar-refractivity contribution >= 4 is 5.69 Å². The highest BCUT2D eigenvalue weighted by molar-refractivity contribution is 5.50. The lowest BCUT2D eigenvalue weighted by atomic mass is 9.72. The molecule has 3 aliphatic rings. The van der Waals surface area contributed by atoms with Gasteiger partial charge in [0, 0.05) is 43.8 Å². The van der Waals surface area contributed by atoms with E-state index in [0.717, 1.165) is 6.61 Å². The minimum atomic E-state index is 0.477. The zero-order valence-corrected chi connectivity index (χ0v) is 15.3. The molecule has 0 aliphatic carbocycles. The summed E-state index contributed by atoms with van der Waals surface area (Å²) in [6.45, 7) is 11.9. The zero-order valence-electron chi connectivity index (χ0n) is 15.3. The molecule has 24 heavy (non-hydrogen) atoms. The van der Waals surface area contributed by atoms with E-state index in [1.807, 2.05) is 0 Å². The monoisotopic (exact) mass is 328 g/mol. The summed E-state index contributed by atoms with van der Waals surface area (Å²) in [6, 6.07) is 10.8. The van der Waals surface area contributed by atoms with E-state index in [0.29, 0.717) is 16.9 Å². The minimum Gasteiger partial charge on any atom is -0.378 e. The maximum atomic E-state index is 6.10. The van der Waals surface area contributed by atoms with Crippen molar-refractivity contribution in [2.45, 2.75) is 45.6 Å². The van der Waals surface area contributed by atoms with Gasteiger partial charge in [0.15, 0.2) is 0 Å². The molecule has 3 heterocycles. The van der Waals surface area contributed by atoms with E-state index in [1.165, 1.54) is 64.1 Å². The van der Waals surface area contributed by atoms with E-state index in [2.05, 4.69) is 54.0 Å². The zero-order chi connectivity index (χ0) is 16.6. The number of hydrogen-bond donors (Lipinski definition) is 0. The van der Waals surface area contributed by atoms with Gasteiger partial charge in [-0.2, -0.15) is 0 Å². The molecular formula is C21H32N2O. The first-order valence-electron chi connectivity index (χ1n) is 9.80. The Balaban J connectivity index is 1.17. The van der Waals surface area contributed by atoms with Gasteiger partial charge in [-0.05, 0) is 43.2 Å². The van der Waals surface area contributed by atoms with Crippen LogP contribution in [0.4, 0.5) is 5.69 Å². The van der Waals surface area contributed by atoms with Crippen molar-refractivity contribution in [1.29, 1.82) is 0 Å². The highest BCUT2D eigenvalue weighted by Gasteiger charge is 2.51. The van der Waals surface area contributed by atoms with Crippen LogP contribution in [0.5, 0.6) is 0 Å². The van der Waals surface area contributed by atoms with Crippen molar-refractivity contribution < 1.29 is 4.74 Å². The number of anilines is 1. The van der Waals surface area contributed by atoms with Crippen molar-refractivity contribution in [2.24, 2.45) is 10.8 Å². The molecular weight excluding hydrogens is 296 g/mol. The summed E-state index contributed by atoms with van der Waals surface area (Å²) < 4.78 is 6.10. The van der Waals surface area contributed by atoms with E-state index in [4.69, 9.17) is 4.74 Å². The van der Waals surface area contributed by atoms with Gasteiger partial charge in [-0.15, -0.1) is 0 Å². The Kier molecular flexibility index (Phi) is 4.34. The molecule has 132 valence electrons. The second-order valence-electron chi connectivity index (χ2n) is 8.54. The van der Waals surface area contributed by atoms with Crippen molar-refractivity contribution in [2.75, 3.05) is 44.2 Å². The topological polar surface area (TPSA) is 15.7 Å². The van der Waals surface area contributed by atoms with Crippen molar-refractivity contribution in [1.82, 2.24) is 4.90 Å². The molecule has 1 aromatic carbocycles. The fourth-order valence-corrected chi connectivity index (χ4v) is 5.00. The molecule has 1 atom stereocenters. The summed E-state index contributed by atoms with van der Waals surface area (Å²) in [6.07, 6.45) is 5.54. The lowest BCUT2D eigenvalue weighted by Crippen LogP contribution is -2.72. The van der Waals surface area contributed by atoms with Gasteiger partial charge in [0.05, 0.1) is 12.7 Å². The third-order valence-corrected chi connectivity index (χ3v) is 6.85. The summed E-state index contributed by atoms with van der Waals surface area (Å²) in [4.78, 5) is 5.16. The number of ether oxygens (including phenoxy) is 1. The van der Waals surface area contributed by atoms with Crippen LogP contribution in [0.2, 0.25) is 0 Å². The molecule has 0 saturated carbocycles. The smallest absolute Gasteiger partial charge is 0.0593 e. The van der Waals surface area contributed by atoms with Gasteiger partial charge in [0.1, 0.15) is 0 Å². The fraction of sp³-hybridized carbons (Fsp3) is 0.714. The van der Waals surface area contributed by atoms with Gasteiger partial charge in [-0.25, -0.2) is 0 Å². The highest BCUT2D eigenvalue weighted by atomic mass is 16.5. The summed E-state index contributed by atoms with van der Waals surface area (Å²) in [5, 5.41) is 0. The Labute approximate surface area is 147 Å². The van der Waals surface area contributed by atoms with Crippen LogP contribution in [-0.2, 0) is 4.74 Å². The van der Waals surface area contributed by atoms with Gasteiger partial charge in [0.25, 0.3) is 0 Å². The largest absolute Gasteiger partial charge is 0.378 e. The number of nitrogens with zero attached hydrogens (tertiary/aromatic N) is 2. The number of rotatable bonds is 6. The molecule has 3 saturated heterocycles. The van der Waals surface area contributed by atoms with E-state index >= 15 is 0 Å². The van der Waals surface area contributed by atoms with Gasteiger partial charge in [-0.3, -0.25) is 0 Å². The van der Waals surface area contributed by atoms with Gasteiger partial charge in [-0.1, -0.05) is 32.0 Å². The van der Waals surface area contributed by atoms with Crippen LogP contribution in [0.3, 0.4) is 0 Å². The predicted octanol–water partition coefficient (Wildman–Crippen LogP) is 3.79. The highest BCUT2D eigenvalue weighted by Crippen LogP contribution is 2.43. The van der Waals surface area contributed by atoms with Crippen LogP contribution < -0.4 is 4.90 Å². The van der Waals surface area contributed by atoms with Crippen molar-refractivity contribution in [3.8, 4) is 0 Å². The normalized spacial score (nSPS) is 27.9. The van der Waals surface area contributed by atoms with Crippen LogP contribution in [-0.4, -0.2) is 50.3 Å². The fourth-order valence-electron chi connectivity index (χ4n) is 5.00. The standard InChI is InChI=1S/C21H32N2O/c1-3-20(4-2)12-19(24-17-20)10-11-22-13-21(14-22)15-23(16-21)18-8-6-5-7-9-18/h5-9,19H,3-4,10-17H2,1-2H3. The van der Waals surface area contributed by atoms with Crippen molar-refractivity contribution in [3.05, 3.63) is 30.3 Å². The van der Waals surface area contributed by atoms with E-state index in [-0.39, 0.29) is 0 Å². The number of benzene rings is 1. The molecule has 3 aliphatic heterocycles. The third kappa shape index (κ3) is 2.97. The summed E-state index contributed by atoms with van der Waals surface area (Å²) >= 11 is 0. The first-order chi connectivity index (χ1) is 11.7. The lowest BCUT2D eigenvalue weighted by molar-refractivity contribution is -0.0302. The summed E-state index contributed by atoms with van der Waals surface area (Å²) in [5.41, 5.74) is 2.45. The number of para-hydroxylation sites is 1. The average Bonchev–Trinajstić information content (AvgIpc) is 2.97. The predicted molar refractivity (Wildman–Crippen MR) is 99.5 cm³/mol. The van der Waals surface area contributed by atoms with Crippen molar-refractivity contribution in [3.63, 3.8) is 0 Å². The molecule has 0 radical (unpaired) electrons. The second-order valence-corrected chi connectivity index (χ2v) is 8.54. The van der Waals surface area contributed by atoms with Gasteiger partial charge < -0.3 is 14.5 Å². The summed E-state index contributed by atoms with van der Waals surface area (Å²) in [5.74, 6) is 0. The van der Waals surface area contributed by atoms with E-state index < -0.39 is 0 Å². The molecule has 0 bridgehead atoms. The number of likely N-dealkylation sites (tertiary alicyclic amines) is 1. The molecule has 4 rings (SSSR count). The van der Waals surface area contributed by atoms with Crippen LogP contribution in [0.25, 0.3) is 0 Å². The Hall–Kier alpha value is -1.06. The third-order valence-electron chi connectivity index (χ3n) is 6.85. The molecule has 0 amide bonds. The molecule has 3 nitrogen and oxygen atoms in total. The average molecular weight is 329 g/mol. The first kappa shape index (κ1) is 16.4. The van der Waals surface area contributed by atoms with Crippen LogP contribution in [0.15, 0.2) is 30.3 Å². The first-order valence-corrected chi connectivity index (χ1v) is 9.80. The number of hydrogen-bond acceptors (Lipinski definition) is 3. The lowest BCUT2D eigenvalue weighted by Gasteiger charge is -2.61. The summed E-state index contributed by atoms with van der Waals surface area (Å²) in [7, 11) is 0. The molecule has 3 fully saturated rings. The minimum absolute atomic E-state index is 0.477. The SMILES string of the molecule is CCC1(CC)COC(CCN2CC3(C2)CN(c2ccccc2)C3)C1. The molecule has 1 spiro atoms. The Morgan fingerprint density at radius 2 is 1.75 bits per heavy atom. The molecule has 0 N–H and O–H groups in total. The molecule has 1 unspecified atom stereocenters. The van der Waals surface area contributed by atoms with Gasteiger partial charge in [0.2, 0.25) is 0 Å². The maximum Gasteiger partial charge on any atom is 0.0593 e. The van der Waals surface area contributed by atoms with E-state index in [9.17, 15) is 0 Å². The molecule has 1 aromatic rings. The Morgan fingerprint density at radius 3 is 2.38 bits per heavy atom. The Morgan fingerprint density at radius 1 is 1.04 bits per heavy atom. The second kappa shape index (κ2) is 6.34. The van der Waals surface area contributed by atoms with Crippen LogP contribution in [0, 0.1) is 10.8 Å². The quantitative estimate of drug-likeness (QED) is 0.790. The van der Waals surface area contributed by atoms with E-state index in [1.54, 1.807) is 0 Å². The Bertz CT molecular complexity index is 540. The van der Waals surface area contributed by atoms with Crippen LogP contribution in [0.1, 0.15) is 39.5 Å². The molecule has 3 heteroatoms. The van der Waals surface area contributed by atoms with Crippen LogP contribution >= 0.6 is 0 Å². The maximum absolute atomic E-state index is 6.10. The van der Waals surface area contributed by atoms with Gasteiger partial charge >= 0.3 is 0 Å². The molecule has 0 aromatic heterocycles.